The van der Waals surface area contributed by atoms with Crippen LogP contribution in [0.15, 0.2) is 36.5 Å². The third kappa shape index (κ3) is 4.64. The van der Waals surface area contributed by atoms with E-state index in [0.717, 1.165) is 5.56 Å². The molecule has 7 heteroatoms. The fourth-order valence-corrected chi connectivity index (χ4v) is 1.71. The summed E-state index contributed by atoms with van der Waals surface area (Å²) in [6.45, 7) is 1.49. The Balaban J connectivity index is 1.77. The van der Waals surface area contributed by atoms with Gasteiger partial charge in [-0.1, -0.05) is 12.1 Å². The highest BCUT2D eigenvalue weighted by Crippen LogP contribution is 2.09. The van der Waals surface area contributed by atoms with Crippen molar-refractivity contribution in [1.29, 1.82) is 0 Å². The second kappa shape index (κ2) is 6.56. The third-order valence-electron chi connectivity index (χ3n) is 2.62. The van der Waals surface area contributed by atoms with Gasteiger partial charge in [-0.15, -0.1) is 0 Å². The van der Waals surface area contributed by atoms with E-state index < -0.39 is 11.9 Å². The number of rotatable bonds is 5. The van der Waals surface area contributed by atoms with Crippen molar-refractivity contribution < 1.29 is 14.3 Å². The predicted octanol–water partition coefficient (Wildman–Crippen LogP) is 0.956. The minimum atomic E-state index is -0.558. The molecule has 0 aliphatic rings. The van der Waals surface area contributed by atoms with Crippen LogP contribution in [-0.2, 0) is 20.9 Å². The Morgan fingerprint density at radius 3 is 2.86 bits per heavy atom. The van der Waals surface area contributed by atoms with Crippen molar-refractivity contribution in [3.8, 4) is 0 Å². The lowest BCUT2D eigenvalue weighted by Crippen LogP contribution is -2.23. The van der Waals surface area contributed by atoms with E-state index in [0.29, 0.717) is 11.5 Å². The van der Waals surface area contributed by atoms with Crippen molar-refractivity contribution in [3.63, 3.8) is 0 Å². The zero-order chi connectivity index (χ0) is 15.2. The molecule has 2 aromatic rings. The number of hydrogen-bond acceptors (Lipinski definition) is 5. The van der Waals surface area contributed by atoms with Crippen LogP contribution in [0, 0.1) is 6.92 Å². The molecule has 110 valence electrons. The Morgan fingerprint density at radius 1 is 1.38 bits per heavy atom. The normalized spacial score (nSPS) is 10.1. The van der Waals surface area contributed by atoms with Crippen molar-refractivity contribution in [3.05, 3.63) is 42.1 Å². The van der Waals surface area contributed by atoms with Gasteiger partial charge in [0.05, 0.1) is 0 Å². The maximum Gasteiger partial charge on any atom is 0.328 e. The predicted molar refractivity (Wildman–Crippen MR) is 77.4 cm³/mol. The SMILES string of the molecule is Cc1cccc(NC(=O)COC(=O)Cn2ccc(N)n2)c1. The quantitative estimate of drug-likeness (QED) is 0.798. The molecule has 0 unspecified atom stereocenters. The first-order valence-electron chi connectivity index (χ1n) is 6.34. The standard InChI is InChI=1S/C14H16N4O3/c1-10-3-2-4-11(7-10)16-13(19)9-21-14(20)8-18-6-5-12(15)17-18/h2-7H,8-9H2,1H3,(H2,15,17)(H,16,19). The van der Waals surface area contributed by atoms with Crippen LogP contribution in [0.1, 0.15) is 5.56 Å². The van der Waals surface area contributed by atoms with Gasteiger partial charge in [0.15, 0.2) is 6.61 Å². The number of nitrogens with one attached hydrogen (secondary N) is 1. The average molecular weight is 288 g/mol. The molecule has 2 rings (SSSR count). The maximum absolute atomic E-state index is 11.7. The summed E-state index contributed by atoms with van der Waals surface area (Å²) in [4.78, 5) is 23.2. The Kier molecular flexibility index (Phi) is 4.55. The van der Waals surface area contributed by atoms with Gasteiger partial charge in [-0.2, -0.15) is 5.10 Å². The zero-order valence-corrected chi connectivity index (χ0v) is 11.6. The molecule has 1 amide bonds. The molecule has 0 atom stereocenters. The molecule has 1 aromatic heterocycles. The largest absolute Gasteiger partial charge is 0.454 e. The van der Waals surface area contributed by atoms with Gasteiger partial charge in [0.1, 0.15) is 12.4 Å². The van der Waals surface area contributed by atoms with Crippen LogP contribution in [0.4, 0.5) is 11.5 Å². The average Bonchev–Trinajstić information content (AvgIpc) is 2.82. The van der Waals surface area contributed by atoms with Crippen LogP contribution in [0.25, 0.3) is 0 Å². The summed E-state index contributed by atoms with van der Waals surface area (Å²) in [5, 5.41) is 6.50. The van der Waals surface area contributed by atoms with E-state index in [1.54, 1.807) is 18.3 Å². The molecular weight excluding hydrogens is 272 g/mol. The summed E-state index contributed by atoms with van der Waals surface area (Å²) in [6.07, 6.45) is 1.56. The molecule has 0 saturated carbocycles. The fourth-order valence-electron chi connectivity index (χ4n) is 1.71. The van der Waals surface area contributed by atoms with E-state index in [4.69, 9.17) is 10.5 Å². The molecule has 0 radical (unpaired) electrons. The van der Waals surface area contributed by atoms with Crippen LogP contribution in [0.2, 0.25) is 0 Å². The number of nitrogens with zero attached hydrogens (tertiary/aromatic N) is 2. The number of carbonyl (C=O) groups is 2. The van der Waals surface area contributed by atoms with Crippen LogP contribution < -0.4 is 11.1 Å². The Bertz CT molecular complexity index is 651. The molecule has 1 heterocycles. The van der Waals surface area contributed by atoms with Crippen molar-refractivity contribution in [2.24, 2.45) is 0 Å². The summed E-state index contributed by atoms with van der Waals surface area (Å²) < 4.78 is 6.21. The number of aryl methyl sites for hydroxylation is 1. The highest BCUT2D eigenvalue weighted by atomic mass is 16.5. The lowest BCUT2D eigenvalue weighted by molar-refractivity contribution is -0.148. The second-order valence-electron chi connectivity index (χ2n) is 4.52. The Hall–Kier alpha value is -2.83. The highest BCUT2D eigenvalue weighted by molar-refractivity contribution is 5.92. The van der Waals surface area contributed by atoms with Crippen molar-refractivity contribution >= 4 is 23.4 Å². The number of nitrogen functional groups attached to an aromatic ring is 1. The smallest absolute Gasteiger partial charge is 0.328 e. The van der Waals surface area contributed by atoms with E-state index in [1.165, 1.54) is 4.68 Å². The molecule has 0 saturated heterocycles. The van der Waals surface area contributed by atoms with Crippen LogP contribution in [0.5, 0.6) is 0 Å². The molecule has 0 fully saturated rings. The number of amides is 1. The van der Waals surface area contributed by atoms with Crippen LogP contribution >= 0.6 is 0 Å². The van der Waals surface area contributed by atoms with E-state index in [2.05, 4.69) is 10.4 Å². The number of anilines is 2. The topological polar surface area (TPSA) is 99.2 Å². The molecule has 1 aromatic carbocycles. The van der Waals surface area contributed by atoms with E-state index in [1.807, 2.05) is 25.1 Å². The minimum Gasteiger partial charge on any atom is -0.454 e. The summed E-state index contributed by atoms with van der Waals surface area (Å²) in [7, 11) is 0. The minimum absolute atomic E-state index is 0.0884. The van der Waals surface area contributed by atoms with Gasteiger partial charge >= 0.3 is 5.97 Å². The summed E-state index contributed by atoms with van der Waals surface area (Å²) in [5.41, 5.74) is 7.12. The van der Waals surface area contributed by atoms with E-state index >= 15 is 0 Å². The summed E-state index contributed by atoms with van der Waals surface area (Å²) >= 11 is 0. The monoisotopic (exact) mass is 288 g/mol. The number of ether oxygens (including phenoxy) is 1. The zero-order valence-electron chi connectivity index (χ0n) is 11.6. The number of nitrogens with two attached hydrogens (primary N) is 1. The highest BCUT2D eigenvalue weighted by Gasteiger charge is 2.09. The lowest BCUT2D eigenvalue weighted by atomic mass is 10.2. The van der Waals surface area contributed by atoms with Crippen molar-refractivity contribution in [1.82, 2.24) is 9.78 Å². The van der Waals surface area contributed by atoms with Crippen LogP contribution in [-0.4, -0.2) is 28.3 Å². The first kappa shape index (κ1) is 14.6. The van der Waals surface area contributed by atoms with Gasteiger partial charge in [0.25, 0.3) is 5.91 Å². The maximum atomic E-state index is 11.7. The summed E-state index contributed by atoms with van der Waals surface area (Å²) in [6, 6.07) is 8.91. The van der Waals surface area contributed by atoms with Gasteiger partial charge in [-0.25, -0.2) is 0 Å². The molecule has 0 aliphatic heterocycles. The first-order chi connectivity index (χ1) is 10.0. The molecule has 7 nitrogen and oxygen atoms in total. The molecule has 0 spiro atoms. The second-order valence-corrected chi connectivity index (χ2v) is 4.52. The molecule has 21 heavy (non-hydrogen) atoms. The van der Waals surface area contributed by atoms with Gasteiger partial charge in [-0.3, -0.25) is 14.3 Å². The first-order valence-corrected chi connectivity index (χ1v) is 6.34. The van der Waals surface area contributed by atoms with Gasteiger partial charge < -0.3 is 15.8 Å². The van der Waals surface area contributed by atoms with E-state index in [9.17, 15) is 9.59 Å². The molecule has 0 aliphatic carbocycles. The Morgan fingerprint density at radius 2 is 2.19 bits per heavy atom. The van der Waals surface area contributed by atoms with Gasteiger partial charge in [0.2, 0.25) is 0 Å². The molecule has 3 N–H and O–H groups in total. The number of aromatic nitrogens is 2. The third-order valence-corrected chi connectivity index (χ3v) is 2.62. The number of benzene rings is 1. The Labute approximate surface area is 121 Å². The fraction of sp³-hybridized carbons (Fsp3) is 0.214. The van der Waals surface area contributed by atoms with Gasteiger partial charge in [0, 0.05) is 11.9 Å². The van der Waals surface area contributed by atoms with E-state index in [-0.39, 0.29) is 13.2 Å². The van der Waals surface area contributed by atoms with Crippen LogP contribution in [0.3, 0.4) is 0 Å². The molecule has 0 bridgehead atoms. The van der Waals surface area contributed by atoms with Crippen molar-refractivity contribution in [2.45, 2.75) is 13.5 Å². The number of hydrogen-bond donors (Lipinski definition) is 2. The van der Waals surface area contributed by atoms with Crippen molar-refractivity contribution in [2.75, 3.05) is 17.7 Å². The lowest BCUT2D eigenvalue weighted by Gasteiger charge is -2.07. The molecular formula is C14H16N4O3. The number of carbonyl (C=O) groups excluding carboxylic acids is 2. The number of esters is 1. The summed E-state index contributed by atoms with van der Waals surface area (Å²) in [5.74, 6) is -0.633. The van der Waals surface area contributed by atoms with Gasteiger partial charge in [-0.05, 0) is 30.7 Å².